The van der Waals surface area contributed by atoms with Crippen LogP contribution in [-0.2, 0) is 16.0 Å². The van der Waals surface area contributed by atoms with Crippen LogP contribution in [0, 0.1) is 5.92 Å². The molecule has 3 heterocycles. The maximum absolute atomic E-state index is 6.12. The highest BCUT2D eigenvalue weighted by Crippen LogP contribution is 2.37. The summed E-state index contributed by atoms with van der Waals surface area (Å²) in [5.41, 5.74) is 1.23. The van der Waals surface area contributed by atoms with Crippen molar-refractivity contribution in [1.29, 1.82) is 0 Å². The predicted octanol–water partition coefficient (Wildman–Crippen LogP) is 1.57. The summed E-state index contributed by atoms with van der Waals surface area (Å²) in [5, 5.41) is 7.04. The van der Waals surface area contributed by atoms with Crippen LogP contribution >= 0.6 is 0 Å². The summed E-state index contributed by atoms with van der Waals surface area (Å²) in [6.07, 6.45) is 7.05. The lowest BCUT2D eigenvalue weighted by Gasteiger charge is -2.23. The highest BCUT2D eigenvalue weighted by Gasteiger charge is 2.46. The minimum absolute atomic E-state index is 0.0498. The summed E-state index contributed by atoms with van der Waals surface area (Å²) in [6.45, 7) is 4.80. The molecule has 3 fully saturated rings. The molecule has 20 heavy (non-hydrogen) atoms. The van der Waals surface area contributed by atoms with E-state index in [1.54, 1.807) is 0 Å². The fourth-order valence-electron chi connectivity index (χ4n) is 3.43. The van der Waals surface area contributed by atoms with Gasteiger partial charge in [-0.25, -0.2) is 0 Å². The number of likely N-dealkylation sites (tertiary alicyclic amines) is 1. The Morgan fingerprint density at radius 3 is 3.25 bits per heavy atom. The van der Waals surface area contributed by atoms with Crippen LogP contribution in [0.15, 0.2) is 12.3 Å². The standard InChI is InChI=1S/C15H23N3O2/c1-2-12(1)9-19-14-7-15(20-10-14)4-6-18(11-15)8-13-3-5-16-17-13/h3,5,12,14H,1-2,4,6-11H2,(H,16,17)/t14-,15-/m1/s1. The van der Waals surface area contributed by atoms with Gasteiger partial charge in [-0.05, 0) is 31.2 Å². The van der Waals surface area contributed by atoms with Crippen molar-refractivity contribution in [3.8, 4) is 0 Å². The van der Waals surface area contributed by atoms with E-state index >= 15 is 0 Å². The molecule has 4 rings (SSSR count). The lowest BCUT2D eigenvalue weighted by Crippen LogP contribution is -2.33. The molecule has 0 bridgehead atoms. The molecule has 5 nitrogen and oxygen atoms in total. The van der Waals surface area contributed by atoms with Gasteiger partial charge in [-0.3, -0.25) is 10.00 Å². The molecular weight excluding hydrogens is 254 g/mol. The summed E-state index contributed by atoms with van der Waals surface area (Å²) in [6, 6.07) is 2.04. The van der Waals surface area contributed by atoms with E-state index in [9.17, 15) is 0 Å². The highest BCUT2D eigenvalue weighted by molar-refractivity contribution is 5.02. The Kier molecular flexibility index (Phi) is 3.28. The van der Waals surface area contributed by atoms with Gasteiger partial charge in [0, 0.05) is 44.6 Å². The van der Waals surface area contributed by atoms with E-state index in [1.165, 1.54) is 18.5 Å². The second-order valence-electron chi connectivity index (χ2n) is 6.64. The first-order valence-electron chi connectivity index (χ1n) is 7.78. The van der Waals surface area contributed by atoms with Crippen LogP contribution in [0.1, 0.15) is 31.4 Å². The molecule has 1 aromatic heterocycles. The quantitative estimate of drug-likeness (QED) is 0.887. The maximum atomic E-state index is 6.12. The molecule has 0 aromatic carbocycles. The van der Waals surface area contributed by atoms with Gasteiger partial charge in [0.25, 0.3) is 0 Å². The second kappa shape index (κ2) is 5.13. The third-order valence-electron chi connectivity index (χ3n) is 4.79. The molecule has 0 unspecified atom stereocenters. The Hall–Kier alpha value is -0.910. The van der Waals surface area contributed by atoms with Crippen molar-refractivity contribution in [2.24, 2.45) is 5.92 Å². The predicted molar refractivity (Wildman–Crippen MR) is 74.2 cm³/mol. The summed E-state index contributed by atoms with van der Waals surface area (Å²) in [5.74, 6) is 0.840. The van der Waals surface area contributed by atoms with E-state index in [-0.39, 0.29) is 5.60 Å². The first-order chi connectivity index (χ1) is 9.81. The molecule has 0 amide bonds. The van der Waals surface area contributed by atoms with Crippen molar-refractivity contribution in [3.05, 3.63) is 18.0 Å². The van der Waals surface area contributed by atoms with Crippen LogP contribution in [0.5, 0.6) is 0 Å². The van der Waals surface area contributed by atoms with Crippen LogP contribution in [0.3, 0.4) is 0 Å². The number of aromatic nitrogens is 2. The average Bonchev–Trinajstić information content (AvgIpc) is 2.87. The minimum Gasteiger partial charge on any atom is -0.375 e. The fraction of sp³-hybridized carbons (Fsp3) is 0.800. The summed E-state index contributed by atoms with van der Waals surface area (Å²) < 4.78 is 12.1. The molecule has 5 heteroatoms. The molecule has 1 spiro atoms. The number of rotatable bonds is 5. The topological polar surface area (TPSA) is 50.4 Å². The molecule has 1 aliphatic carbocycles. The van der Waals surface area contributed by atoms with Gasteiger partial charge in [-0.15, -0.1) is 0 Å². The van der Waals surface area contributed by atoms with Crippen LogP contribution in [0.2, 0.25) is 0 Å². The molecular formula is C15H23N3O2. The van der Waals surface area contributed by atoms with E-state index in [4.69, 9.17) is 9.47 Å². The van der Waals surface area contributed by atoms with Crippen molar-refractivity contribution in [2.45, 2.75) is 43.9 Å². The third-order valence-corrected chi connectivity index (χ3v) is 4.79. The van der Waals surface area contributed by atoms with E-state index in [1.807, 2.05) is 12.3 Å². The third kappa shape index (κ3) is 2.75. The summed E-state index contributed by atoms with van der Waals surface area (Å²) >= 11 is 0. The summed E-state index contributed by atoms with van der Waals surface area (Å²) in [7, 11) is 0. The molecule has 3 aliphatic rings. The van der Waals surface area contributed by atoms with Crippen molar-refractivity contribution >= 4 is 0 Å². The van der Waals surface area contributed by atoms with Gasteiger partial charge < -0.3 is 9.47 Å². The largest absolute Gasteiger partial charge is 0.375 e. The Labute approximate surface area is 119 Å². The number of hydrogen-bond acceptors (Lipinski definition) is 4. The van der Waals surface area contributed by atoms with Crippen molar-refractivity contribution in [2.75, 3.05) is 26.3 Å². The lowest BCUT2D eigenvalue weighted by atomic mass is 9.98. The van der Waals surface area contributed by atoms with E-state index in [0.717, 1.165) is 51.6 Å². The number of hydrogen-bond donors (Lipinski definition) is 1. The van der Waals surface area contributed by atoms with Crippen LogP contribution in [0.4, 0.5) is 0 Å². The van der Waals surface area contributed by atoms with Gasteiger partial charge in [0.2, 0.25) is 0 Å². The SMILES string of the molecule is c1cc(CN2CC[C@@]3(C[C@@H](OCC4CC4)CO3)C2)[nH]n1. The maximum Gasteiger partial charge on any atom is 0.0847 e. The van der Waals surface area contributed by atoms with Crippen LogP contribution < -0.4 is 0 Å². The first-order valence-corrected chi connectivity index (χ1v) is 7.78. The van der Waals surface area contributed by atoms with Crippen LogP contribution in [0.25, 0.3) is 0 Å². The molecule has 0 radical (unpaired) electrons. The van der Waals surface area contributed by atoms with Crippen molar-refractivity contribution < 1.29 is 9.47 Å². The van der Waals surface area contributed by atoms with E-state index < -0.39 is 0 Å². The molecule has 2 aliphatic heterocycles. The molecule has 1 aromatic rings. The molecule has 1 N–H and O–H groups in total. The Morgan fingerprint density at radius 1 is 1.50 bits per heavy atom. The number of nitrogens with one attached hydrogen (secondary N) is 1. The number of nitrogens with zero attached hydrogens (tertiary/aromatic N) is 2. The number of ether oxygens (including phenoxy) is 2. The number of aromatic amines is 1. The molecule has 1 saturated carbocycles. The van der Waals surface area contributed by atoms with Crippen molar-refractivity contribution in [1.82, 2.24) is 15.1 Å². The second-order valence-corrected chi connectivity index (χ2v) is 6.64. The number of H-pyrrole nitrogens is 1. The molecule has 110 valence electrons. The van der Waals surface area contributed by atoms with E-state index in [0.29, 0.717) is 6.10 Å². The van der Waals surface area contributed by atoms with Crippen LogP contribution in [-0.4, -0.2) is 53.1 Å². The van der Waals surface area contributed by atoms with Crippen molar-refractivity contribution in [3.63, 3.8) is 0 Å². The Balaban J connectivity index is 1.28. The zero-order valence-corrected chi connectivity index (χ0v) is 11.9. The first kappa shape index (κ1) is 12.8. The van der Waals surface area contributed by atoms with Gasteiger partial charge in [0.05, 0.1) is 18.3 Å². The Morgan fingerprint density at radius 2 is 2.45 bits per heavy atom. The zero-order chi connectivity index (χ0) is 13.4. The van der Waals surface area contributed by atoms with Gasteiger partial charge in [-0.1, -0.05) is 0 Å². The van der Waals surface area contributed by atoms with Gasteiger partial charge in [0.1, 0.15) is 0 Å². The Bertz CT molecular complexity index is 446. The smallest absolute Gasteiger partial charge is 0.0847 e. The highest BCUT2D eigenvalue weighted by atomic mass is 16.6. The fourth-order valence-corrected chi connectivity index (χ4v) is 3.43. The summed E-state index contributed by atoms with van der Waals surface area (Å²) in [4.78, 5) is 2.46. The average molecular weight is 277 g/mol. The van der Waals surface area contributed by atoms with E-state index in [2.05, 4.69) is 15.1 Å². The molecule has 2 saturated heterocycles. The lowest BCUT2D eigenvalue weighted by molar-refractivity contribution is 0.000802. The van der Waals surface area contributed by atoms with Gasteiger partial charge in [-0.2, -0.15) is 5.10 Å². The monoisotopic (exact) mass is 277 g/mol. The normalized spacial score (nSPS) is 34.3. The van der Waals surface area contributed by atoms with Gasteiger partial charge >= 0.3 is 0 Å². The zero-order valence-electron chi connectivity index (χ0n) is 11.9. The molecule has 2 atom stereocenters. The van der Waals surface area contributed by atoms with Gasteiger partial charge in [0.15, 0.2) is 0 Å². The minimum atomic E-state index is 0.0498.